The maximum atomic E-state index is 12.0. The summed E-state index contributed by atoms with van der Waals surface area (Å²) in [5, 5.41) is 6.39. The van der Waals surface area contributed by atoms with Gasteiger partial charge < -0.3 is 73.5 Å². The number of anilines is 5. The van der Waals surface area contributed by atoms with Crippen LogP contribution in [-0.4, -0.2) is 244 Å². The lowest BCUT2D eigenvalue weighted by Crippen LogP contribution is -2.36. The Balaban J connectivity index is 0.000000675. The van der Waals surface area contributed by atoms with Crippen LogP contribution in [0.3, 0.4) is 0 Å². The molecule has 0 atom stereocenters. The Morgan fingerprint density at radius 3 is 0.815 bits per heavy atom. The fourth-order valence-corrected chi connectivity index (χ4v) is 14.8. The van der Waals surface area contributed by atoms with Crippen LogP contribution in [-0.2, 0) is 50.8 Å². The molecule has 0 saturated carbocycles. The van der Waals surface area contributed by atoms with Gasteiger partial charge in [-0.2, -0.15) is 0 Å². The average Bonchev–Trinajstić information content (AvgIpc) is 0.777. The second-order valence-corrected chi connectivity index (χ2v) is 35.4. The third-order valence-corrected chi connectivity index (χ3v) is 20.6. The summed E-state index contributed by atoms with van der Waals surface area (Å²) >= 11 is 25.9. The van der Waals surface area contributed by atoms with Gasteiger partial charge in [0.05, 0.1) is 117 Å². The molecule has 0 unspecified atom stereocenters. The van der Waals surface area contributed by atoms with Gasteiger partial charge in [0.15, 0.2) is 0 Å². The second-order valence-electron chi connectivity index (χ2n) is 33.4. The van der Waals surface area contributed by atoms with E-state index in [9.17, 15) is 24.0 Å². The number of hydrogen-bond donors (Lipinski definition) is 2. The summed E-state index contributed by atoms with van der Waals surface area (Å²) in [5.74, 6) is 0. The van der Waals surface area contributed by atoms with Crippen molar-refractivity contribution in [1.29, 1.82) is 0 Å². The first-order valence-corrected chi connectivity index (χ1v) is 41.5. The molecule has 5 rings (SSSR count). The molecule has 0 saturated heterocycles. The summed E-state index contributed by atoms with van der Waals surface area (Å²) in [5.41, 5.74) is 8.18. The van der Waals surface area contributed by atoms with Gasteiger partial charge in [0.1, 0.15) is 0 Å². The molecule has 0 heterocycles. The van der Waals surface area contributed by atoms with Crippen molar-refractivity contribution in [3.8, 4) is 0 Å². The molecular formula is C83H146N10O10S5. The van der Waals surface area contributed by atoms with Gasteiger partial charge in [-0.05, 0) is 113 Å². The van der Waals surface area contributed by atoms with Crippen molar-refractivity contribution < 1.29 is 23.7 Å². The lowest BCUT2D eigenvalue weighted by molar-refractivity contribution is 0.111. The van der Waals surface area contributed by atoms with Crippen molar-refractivity contribution in [1.82, 2.24) is 24.5 Å². The van der Waals surface area contributed by atoms with E-state index in [4.69, 9.17) is 84.8 Å². The Labute approximate surface area is 678 Å². The van der Waals surface area contributed by atoms with Crippen LogP contribution in [0, 0.1) is 22.6 Å². The van der Waals surface area contributed by atoms with Crippen LogP contribution in [0.2, 0.25) is 0 Å². The molecular weight excluding hydrogens is 1460 g/mol. The number of likely N-dealkylation sites (N-methyl/N-ethyl adjacent to an activating group) is 7. The largest absolute Gasteiger partial charge is 0.379 e. The van der Waals surface area contributed by atoms with Gasteiger partial charge >= 0.3 is 0 Å². The Morgan fingerprint density at radius 1 is 0.287 bits per heavy atom. The van der Waals surface area contributed by atoms with Gasteiger partial charge in [0.2, 0.25) is 27.1 Å². The fraction of sp³-hybridized carbons (Fsp3) is 0.759. The van der Waals surface area contributed by atoms with Crippen LogP contribution in [0.15, 0.2) is 24.0 Å². The molecule has 0 aromatic heterocycles. The molecule has 0 bridgehead atoms. The van der Waals surface area contributed by atoms with Crippen molar-refractivity contribution in [2.24, 2.45) is 0 Å². The maximum absolute atomic E-state index is 12.0. The molecule has 0 radical (unpaired) electrons. The minimum Gasteiger partial charge on any atom is -0.379 e. The first kappa shape index (κ1) is 102. The third kappa shape index (κ3) is 33.3. The fourth-order valence-electron chi connectivity index (χ4n) is 12.3. The monoisotopic (exact) mass is 1600 g/mol. The summed E-state index contributed by atoms with van der Waals surface area (Å²) in [6.07, 6.45) is 3.52. The van der Waals surface area contributed by atoms with Crippen molar-refractivity contribution in [2.45, 2.75) is 199 Å². The van der Waals surface area contributed by atoms with Crippen LogP contribution < -0.4 is 52.5 Å². The second kappa shape index (κ2) is 49.7. The average molecular weight is 1600 g/mol. The van der Waals surface area contributed by atoms with E-state index >= 15 is 0 Å². The Kier molecular flexibility index (Phi) is 47.0. The molecule has 0 fully saturated rings. The molecule has 0 aliphatic heterocycles. The highest BCUT2D eigenvalue weighted by atomic mass is 32.1. The summed E-state index contributed by atoms with van der Waals surface area (Å²) in [6.45, 7) is 68.8. The van der Waals surface area contributed by atoms with E-state index in [1.54, 1.807) is 0 Å². The van der Waals surface area contributed by atoms with E-state index in [1.807, 2.05) is 49.9 Å². The number of ether oxygens (including phenoxy) is 5. The van der Waals surface area contributed by atoms with Crippen LogP contribution in [0.4, 0.5) is 28.4 Å². The molecule has 5 aromatic carbocycles. The smallest absolute Gasteiger partial charge is 0.220 e. The van der Waals surface area contributed by atoms with Crippen molar-refractivity contribution >= 4 is 89.5 Å². The van der Waals surface area contributed by atoms with E-state index in [0.717, 1.165) is 150 Å². The molecule has 0 aliphatic carbocycles. The van der Waals surface area contributed by atoms with E-state index < -0.39 is 0 Å². The highest BCUT2D eigenvalue weighted by molar-refractivity contribution is 7.72. The van der Waals surface area contributed by atoms with Crippen LogP contribution >= 0.6 is 61.1 Å². The third-order valence-electron chi connectivity index (χ3n) is 18.6. The quantitative estimate of drug-likeness (QED) is 0.0277. The standard InChI is InChI=1S/C18H32N2O2S.2C17H30N2O2S.C16H28N2O2S.C15H26N2O2S/c1-6-9-20(10-7-2)11-13-22-12-8-19-15-14(18(3,4)5)17(23)16(15)21;1-7-19(8-2)10-12-21-11-9-18(6)14-13(17(3,4)5)16(22)15(14)20;1-6-9-19(7-2)10-12-21-11-8-18-14-13(17(3,4)5)16(22)15(14)20;1-7-17(5)8-10-20-11-9-18(6)13-12(16(2,3)4)15(21)14(13)19;1-15(2,3)11-12(13(18)14(11)20)17(6)8-10-19-9-7-16(4)5/h19H,6-13H2,1-5H3;7-12H2,1-6H3;18H,6-12H2,1-5H3;7-11H2,1-6H3;7-10H2,1-6H3. The molecule has 25 heteroatoms. The summed E-state index contributed by atoms with van der Waals surface area (Å²) in [6, 6.07) is 0. The maximum Gasteiger partial charge on any atom is 0.220 e. The van der Waals surface area contributed by atoms with Crippen molar-refractivity contribution in [3.63, 3.8) is 0 Å². The minimum atomic E-state index is -0.0883. The SMILES string of the molecule is CCCN(CC)CCOCCNc1c(C(C)(C)C)c(=S)c1=O.CCCN(CCC)CCOCCNc1c(C(C)(C)C)c(=S)c1=O.CCN(C)CCOCCN(C)c1c(C(C)(C)C)c(=S)c1=O.CCN(CC)CCOCCN(C)c1c(C(C)(C)C)c(=S)c1=O.CN(C)CCOCCN(C)c1c(C(C)(C)C)c(=S)c1=O. The minimum absolute atomic E-state index is 0.000663. The highest BCUT2D eigenvalue weighted by Crippen LogP contribution is 2.36. The van der Waals surface area contributed by atoms with Gasteiger partial charge in [-0.3, -0.25) is 24.0 Å². The summed E-state index contributed by atoms with van der Waals surface area (Å²) < 4.78 is 30.7. The zero-order valence-electron chi connectivity index (χ0n) is 72.4. The van der Waals surface area contributed by atoms with Crippen molar-refractivity contribution in [3.05, 3.63) is 101 Å². The van der Waals surface area contributed by atoms with Gasteiger partial charge in [-0.15, -0.1) is 0 Å². The first-order chi connectivity index (χ1) is 50.2. The molecule has 108 heavy (non-hydrogen) atoms. The molecule has 20 nitrogen and oxygen atoms in total. The molecule has 0 spiro atoms. The Bertz CT molecular complexity index is 3770. The van der Waals surface area contributed by atoms with E-state index in [-0.39, 0.29) is 54.2 Å². The van der Waals surface area contributed by atoms with E-state index in [0.29, 0.717) is 106 Å². The van der Waals surface area contributed by atoms with E-state index in [1.165, 1.54) is 19.3 Å². The predicted octanol–water partition coefficient (Wildman–Crippen LogP) is 13.7. The van der Waals surface area contributed by atoms with Gasteiger partial charge in [0, 0.05) is 114 Å². The first-order valence-electron chi connectivity index (χ1n) is 39.4. The molecule has 0 aliphatic rings. The molecule has 5 aromatic rings. The number of hydrogen-bond acceptors (Lipinski definition) is 25. The zero-order valence-corrected chi connectivity index (χ0v) is 76.5. The topological polar surface area (TPSA) is 181 Å². The van der Waals surface area contributed by atoms with Crippen LogP contribution in [0.1, 0.15) is 199 Å². The number of nitrogens with one attached hydrogen (secondary N) is 2. The van der Waals surface area contributed by atoms with Gasteiger partial charge in [-0.1, -0.05) is 213 Å². The van der Waals surface area contributed by atoms with Gasteiger partial charge in [-0.25, -0.2) is 0 Å². The number of rotatable bonds is 45. The predicted molar refractivity (Wildman–Crippen MR) is 473 cm³/mol. The number of nitrogens with zero attached hydrogens (tertiary/aromatic N) is 8. The Hall–Kier alpha value is -3.90. The Morgan fingerprint density at radius 2 is 0.537 bits per heavy atom. The highest BCUT2D eigenvalue weighted by Gasteiger charge is 2.33. The summed E-state index contributed by atoms with van der Waals surface area (Å²) in [7, 11) is 11.9. The van der Waals surface area contributed by atoms with Gasteiger partial charge in [0.25, 0.3) is 0 Å². The molecule has 0 amide bonds. The summed E-state index contributed by atoms with van der Waals surface area (Å²) in [4.78, 5) is 77.0. The van der Waals surface area contributed by atoms with Crippen LogP contribution in [0.25, 0.3) is 0 Å². The lowest BCUT2D eigenvalue weighted by atomic mass is 9.82. The zero-order chi connectivity index (χ0) is 82.8. The van der Waals surface area contributed by atoms with Crippen LogP contribution in [0.5, 0.6) is 0 Å². The molecule has 2 N–H and O–H groups in total. The molecule has 618 valence electrons. The van der Waals surface area contributed by atoms with Crippen molar-refractivity contribution in [2.75, 3.05) is 245 Å². The normalized spacial score (nSPS) is 12.3. The lowest BCUT2D eigenvalue weighted by Gasteiger charge is -2.30. The van der Waals surface area contributed by atoms with E-state index in [2.05, 4.69) is 195 Å².